The molecular weight excluding hydrogens is 370 g/mol. The Morgan fingerprint density at radius 1 is 0.750 bits per heavy atom. The van der Waals surface area contributed by atoms with E-state index in [2.05, 4.69) is 44.0 Å². The Bertz CT molecular complexity index is 456. The molecule has 0 aromatic heterocycles. The molecule has 0 saturated carbocycles. The number of benzene rings is 2. The van der Waals surface area contributed by atoms with Crippen LogP contribution < -0.4 is 10.6 Å². The van der Waals surface area contributed by atoms with Gasteiger partial charge in [0.2, 0.25) is 0 Å². The van der Waals surface area contributed by atoms with Gasteiger partial charge in [0.15, 0.2) is 0 Å². The average Bonchev–Trinajstić information content (AvgIpc) is 2.29. The molecule has 0 fully saturated rings. The van der Waals surface area contributed by atoms with Gasteiger partial charge in [-0.1, -0.05) is 79.5 Å². The van der Waals surface area contributed by atoms with E-state index in [-0.39, 0.29) is 0 Å². The van der Waals surface area contributed by atoms with Crippen LogP contribution in [-0.2, 0) is 0 Å². The predicted octanol–water partition coefficient (Wildman–Crippen LogP) is 4.80. The summed E-state index contributed by atoms with van der Waals surface area (Å²) in [7, 11) is -0.834. The molecule has 0 aliphatic carbocycles. The van der Waals surface area contributed by atoms with E-state index in [0.717, 1.165) is 19.6 Å². The summed E-state index contributed by atoms with van der Waals surface area (Å²) in [6, 6.07) is 16.2. The Morgan fingerprint density at radius 2 is 1.12 bits per heavy atom. The number of rotatable bonds is 2. The fourth-order valence-electron chi connectivity index (χ4n) is 1.35. The highest BCUT2D eigenvalue weighted by Crippen LogP contribution is 2.42. The van der Waals surface area contributed by atoms with E-state index in [0.29, 0.717) is 0 Å². The standard InChI is InChI=1S/C12H8Br2ClP/c13-9-5-1-3-7-11(9)16(15)12-8-4-2-6-10(12)14/h1-8H. The van der Waals surface area contributed by atoms with Crippen molar-refractivity contribution in [2.75, 3.05) is 0 Å². The topological polar surface area (TPSA) is 0 Å². The van der Waals surface area contributed by atoms with Crippen LogP contribution in [-0.4, -0.2) is 0 Å². The highest BCUT2D eigenvalue weighted by molar-refractivity contribution is 9.11. The summed E-state index contributed by atoms with van der Waals surface area (Å²) >= 11 is 13.6. The Morgan fingerprint density at radius 3 is 1.50 bits per heavy atom. The van der Waals surface area contributed by atoms with Gasteiger partial charge in [0, 0.05) is 19.6 Å². The van der Waals surface area contributed by atoms with Gasteiger partial charge in [0.25, 0.3) is 0 Å². The number of halogens is 3. The second-order valence-corrected chi connectivity index (χ2v) is 7.43. The van der Waals surface area contributed by atoms with Gasteiger partial charge in [-0.05, 0) is 12.1 Å². The van der Waals surface area contributed by atoms with Crippen molar-refractivity contribution >= 4 is 61.0 Å². The lowest BCUT2D eigenvalue weighted by molar-refractivity contribution is 1.70. The first-order valence-corrected chi connectivity index (χ1v) is 8.48. The van der Waals surface area contributed by atoms with Gasteiger partial charge in [-0.15, -0.1) is 0 Å². The van der Waals surface area contributed by atoms with Crippen molar-refractivity contribution in [2.24, 2.45) is 0 Å². The molecule has 0 nitrogen and oxygen atoms in total. The van der Waals surface area contributed by atoms with Crippen LogP contribution >= 0.6 is 50.4 Å². The lowest BCUT2D eigenvalue weighted by Crippen LogP contribution is -2.10. The zero-order valence-electron chi connectivity index (χ0n) is 8.20. The molecule has 16 heavy (non-hydrogen) atoms. The van der Waals surface area contributed by atoms with Crippen LogP contribution in [0, 0.1) is 0 Å². The molecule has 0 N–H and O–H groups in total. The number of hydrogen-bond acceptors (Lipinski definition) is 0. The summed E-state index contributed by atoms with van der Waals surface area (Å²) in [4.78, 5) is 0. The highest BCUT2D eigenvalue weighted by atomic mass is 79.9. The molecule has 0 heterocycles. The summed E-state index contributed by atoms with van der Waals surface area (Å²) in [5.41, 5.74) is 0. The summed E-state index contributed by atoms with van der Waals surface area (Å²) in [5.74, 6) is 0. The summed E-state index contributed by atoms with van der Waals surface area (Å²) < 4.78 is 2.12. The van der Waals surface area contributed by atoms with E-state index in [1.54, 1.807) is 0 Å². The van der Waals surface area contributed by atoms with Crippen LogP contribution in [0.4, 0.5) is 0 Å². The van der Waals surface area contributed by atoms with E-state index in [1.165, 1.54) is 0 Å². The maximum absolute atomic E-state index is 6.55. The lowest BCUT2D eigenvalue weighted by atomic mass is 10.4. The van der Waals surface area contributed by atoms with Crippen molar-refractivity contribution in [1.29, 1.82) is 0 Å². The molecule has 2 rings (SSSR count). The molecule has 0 saturated heterocycles. The lowest BCUT2D eigenvalue weighted by Gasteiger charge is -2.13. The van der Waals surface area contributed by atoms with Crippen molar-refractivity contribution in [1.82, 2.24) is 0 Å². The first kappa shape index (κ1) is 12.6. The minimum Gasteiger partial charge on any atom is -0.0858 e. The summed E-state index contributed by atoms with van der Waals surface area (Å²) in [5, 5.41) is 2.29. The second kappa shape index (κ2) is 5.64. The van der Waals surface area contributed by atoms with Crippen molar-refractivity contribution in [3.05, 3.63) is 57.5 Å². The van der Waals surface area contributed by atoms with Crippen LogP contribution in [0.15, 0.2) is 57.5 Å². The highest BCUT2D eigenvalue weighted by Gasteiger charge is 2.15. The zero-order chi connectivity index (χ0) is 11.5. The first-order valence-electron chi connectivity index (χ1n) is 4.65. The van der Waals surface area contributed by atoms with Crippen molar-refractivity contribution in [3.63, 3.8) is 0 Å². The maximum atomic E-state index is 6.55. The van der Waals surface area contributed by atoms with E-state index in [4.69, 9.17) is 11.2 Å². The molecule has 0 aliphatic rings. The molecule has 0 amide bonds. The SMILES string of the molecule is ClP(c1ccccc1Br)c1ccccc1Br. The zero-order valence-corrected chi connectivity index (χ0v) is 13.0. The molecule has 0 unspecified atom stereocenters. The molecule has 0 spiro atoms. The maximum Gasteiger partial charge on any atom is 0.0547 e. The average molecular weight is 378 g/mol. The van der Waals surface area contributed by atoms with Gasteiger partial charge in [-0.3, -0.25) is 0 Å². The quantitative estimate of drug-likeness (QED) is 0.659. The van der Waals surface area contributed by atoms with Crippen LogP contribution in [0.2, 0.25) is 0 Å². The van der Waals surface area contributed by atoms with E-state index >= 15 is 0 Å². The first-order chi connectivity index (χ1) is 7.70. The smallest absolute Gasteiger partial charge is 0.0547 e. The minimum absolute atomic E-state index is 0.834. The van der Waals surface area contributed by atoms with Gasteiger partial charge < -0.3 is 0 Å². The Labute approximate surface area is 118 Å². The van der Waals surface area contributed by atoms with Crippen molar-refractivity contribution in [3.8, 4) is 0 Å². The molecular formula is C12H8Br2ClP. The molecule has 2 aromatic carbocycles. The molecule has 0 atom stereocenters. The third-order valence-electron chi connectivity index (χ3n) is 2.13. The normalized spacial score (nSPS) is 10.8. The van der Waals surface area contributed by atoms with Crippen LogP contribution in [0.1, 0.15) is 0 Å². The van der Waals surface area contributed by atoms with Gasteiger partial charge >= 0.3 is 0 Å². The summed E-state index contributed by atoms with van der Waals surface area (Å²) in [6.45, 7) is 0. The molecule has 0 radical (unpaired) electrons. The third kappa shape index (κ3) is 2.68. The Balaban J connectivity index is 2.44. The molecule has 82 valence electrons. The predicted molar refractivity (Wildman–Crippen MR) is 80.3 cm³/mol. The summed E-state index contributed by atoms with van der Waals surface area (Å²) in [6.07, 6.45) is 0. The van der Waals surface area contributed by atoms with Crippen LogP contribution in [0.5, 0.6) is 0 Å². The van der Waals surface area contributed by atoms with Crippen LogP contribution in [0.3, 0.4) is 0 Å². The van der Waals surface area contributed by atoms with Gasteiger partial charge in [0.05, 0.1) is 7.27 Å². The molecule has 0 bridgehead atoms. The van der Waals surface area contributed by atoms with E-state index < -0.39 is 7.27 Å². The fourth-order valence-corrected chi connectivity index (χ4v) is 5.70. The largest absolute Gasteiger partial charge is 0.0858 e. The number of hydrogen-bond donors (Lipinski definition) is 0. The Kier molecular flexibility index (Phi) is 4.43. The monoisotopic (exact) mass is 376 g/mol. The minimum atomic E-state index is -0.834. The second-order valence-electron chi connectivity index (χ2n) is 3.18. The van der Waals surface area contributed by atoms with Crippen molar-refractivity contribution in [2.45, 2.75) is 0 Å². The molecule has 2 aromatic rings. The van der Waals surface area contributed by atoms with Gasteiger partial charge in [0.1, 0.15) is 0 Å². The van der Waals surface area contributed by atoms with E-state index in [1.807, 2.05) is 36.4 Å². The van der Waals surface area contributed by atoms with Gasteiger partial charge in [-0.25, -0.2) is 0 Å². The van der Waals surface area contributed by atoms with E-state index in [9.17, 15) is 0 Å². The van der Waals surface area contributed by atoms with Gasteiger partial charge in [-0.2, -0.15) is 0 Å². The fraction of sp³-hybridized carbons (Fsp3) is 0. The third-order valence-corrected chi connectivity index (χ3v) is 6.84. The molecule has 4 heteroatoms. The van der Waals surface area contributed by atoms with Crippen molar-refractivity contribution < 1.29 is 0 Å². The molecule has 0 aliphatic heterocycles. The Hall–Kier alpha value is 0.120. The van der Waals surface area contributed by atoms with Crippen LogP contribution in [0.25, 0.3) is 0 Å².